The monoisotopic (exact) mass is 298 g/mol. The van der Waals surface area contributed by atoms with Gasteiger partial charge >= 0.3 is 0 Å². The topological polar surface area (TPSA) is 38.7 Å². The Hall–Kier alpha value is -1.94. The fraction of sp³-hybridized carbons (Fsp3) is 0.263. The van der Waals surface area contributed by atoms with E-state index in [-0.39, 0.29) is 12.7 Å². The van der Waals surface area contributed by atoms with E-state index in [1.165, 1.54) is 0 Å². The van der Waals surface area contributed by atoms with Gasteiger partial charge in [0.1, 0.15) is 0 Å². The minimum atomic E-state index is -0.170. The van der Waals surface area contributed by atoms with E-state index in [0.29, 0.717) is 19.8 Å². The zero-order valence-electron chi connectivity index (χ0n) is 12.6. The van der Waals surface area contributed by atoms with Gasteiger partial charge in [0.25, 0.3) is 0 Å². The summed E-state index contributed by atoms with van der Waals surface area (Å²) in [5.41, 5.74) is 2.25. The Morgan fingerprint density at radius 2 is 1.45 bits per heavy atom. The summed E-state index contributed by atoms with van der Waals surface area (Å²) in [6.07, 6.45) is 3.35. The Balaban J connectivity index is 1.79. The van der Waals surface area contributed by atoms with Crippen LogP contribution in [0, 0.1) is 0 Å². The van der Waals surface area contributed by atoms with Crippen molar-refractivity contribution in [1.29, 1.82) is 0 Å². The molecule has 0 aromatic heterocycles. The first kappa shape index (κ1) is 16.4. The Bertz CT molecular complexity index is 537. The van der Waals surface area contributed by atoms with Crippen molar-refractivity contribution >= 4 is 0 Å². The molecule has 2 rings (SSSR count). The van der Waals surface area contributed by atoms with Crippen molar-refractivity contribution < 1.29 is 14.6 Å². The normalized spacial score (nSPS) is 12.6. The maximum atomic E-state index is 8.92. The fourth-order valence-corrected chi connectivity index (χ4v) is 2.02. The highest BCUT2D eigenvalue weighted by Gasteiger charge is 2.06. The lowest BCUT2D eigenvalue weighted by Gasteiger charge is -2.15. The second-order valence-corrected chi connectivity index (χ2v) is 4.95. The van der Waals surface area contributed by atoms with Gasteiger partial charge in [-0.3, -0.25) is 0 Å². The zero-order chi connectivity index (χ0) is 15.5. The van der Waals surface area contributed by atoms with Crippen LogP contribution in [-0.4, -0.2) is 24.4 Å². The van der Waals surface area contributed by atoms with Crippen LogP contribution in [0.5, 0.6) is 0 Å². The van der Waals surface area contributed by atoms with E-state index in [4.69, 9.17) is 14.6 Å². The highest BCUT2D eigenvalue weighted by atomic mass is 16.5. The third-order valence-electron chi connectivity index (χ3n) is 3.16. The summed E-state index contributed by atoms with van der Waals surface area (Å²) in [6.45, 7) is 1.54. The van der Waals surface area contributed by atoms with Gasteiger partial charge in [0, 0.05) is 0 Å². The van der Waals surface area contributed by atoms with Crippen molar-refractivity contribution in [1.82, 2.24) is 0 Å². The summed E-state index contributed by atoms with van der Waals surface area (Å²) >= 11 is 0. The van der Waals surface area contributed by atoms with Crippen LogP contribution in [0.3, 0.4) is 0 Å². The molecule has 0 saturated heterocycles. The van der Waals surface area contributed by atoms with Crippen molar-refractivity contribution in [3.8, 4) is 0 Å². The second-order valence-electron chi connectivity index (χ2n) is 4.95. The molecular weight excluding hydrogens is 276 g/mol. The molecule has 0 heterocycles. The molecule has 0 unspecified atom stereocenters. The van der Waals surface area contributed by atoms with Crippen LogP contribution >= 0.6 is 0 Å². The quantitative estimate of drug-likeness (QED) is 0.722. The maximum absolute atomic E-state index is 8.92. The molecule has 1 N–H and O–H groups in total. The van der Waals surface area contributed by atoms with Crippen molar-refractivity contribution in [2.45, 2.75) is 19.3 Å². The summed E-state index contributed by atoms with van der Waals surface area (Å²) < 4.78 is 11.6. The van der Waals surface area contributed by atoms with Gasteiger partial charge in [0.15, 0.2) is 0 Å². The third kappa shape index (κ3) is 6.22. The minimum absolute atomic E-state index is 0.00385. The van der Waals surface area contributed by atoms with E-state index in [2.05, 4.69) is 0 Å². The van der Waals surface area contributed by atoms with Gasteiger partial charge in [-0.25, -0.2) is 0 Å². The average molecular weight is 298 g/mol. The number of aliphatic hydroxyl groups excluding tert-OH is 1. The van der Waals surface area contributed by atoms with Gasteiger partial charge in [-0.05, 0) is 11.1 Å². The van der Waals surface area contributed by atoms with Gasteiger partial charge in [0.2, 0.25) is 0 Å². The van der Waals surface area contributed by atoms with Gasteiger partial charge in [-0.1, -0.05) is 72.8 Å². The van der Waals surface area contributed by atoms with Gasteiger partial charge < -0.3 is 14.6 Å². The fourth-order valence-electron chi connectivity index (χ4n) is 2.02. The predicted octanol–water partition coefficient (Wildman–Crippen LogP) is 3.34. The van der Waals surface area contributed by atoms with E-state index in [1.807, 2.05) is 66.7 Å². The number of benzene rings is 2. The molecule has 0 saturated carbocycles. The van der Waals surface area contributed by atoms with E-state index in [0.717, 1.165) is 11.1 Å². The molecule has 1 atom stereocenters. The number of ether oxygens (including phenoxy) is 2. The molecule has 0 aliphatic heterocycles. The Morgan fingerprint density at radius 1 is 0.864 bits per heavy atom. The molecule has 2 aromatic carbocycles. The van der Waals surface area contributed by atoms with Gasteiger partial charge in [-0.2, -0.15) is 0 Å². The first-order valence-electron chi connectivity index (χ1n) is 7.43. The highest BCUT2D eigenvalue weighted by molar-refractivity contribution is 5.14. The molecule has 2 aromatic rings. The van der Waals surface area contributed by atoms with Gasteiger partial charge in [-0.15, -0.1) is 0 Å². The molecule has 0 amide bonds. The third-order valence-corrected chi connectivity index (χ3v) is 3.16. The number of rotatable bonds is 9. The SMILES string of the molecule is OC/C=C/[C@@H](COCc1ccccc1)OCc1ccccc1. The molecule has 0 spiro atoms. The molecule has 22 heavy (non-hydrogen) atoms. The van der Waals surface area contributed by atoms with Crippen molar-refractivity contribution in [3.63, 3.8) is 0 Å². The molecule has 0 aliphatic rings. The molecule has 0 radical (unpaired) electrons. The van der Waals surface area contributed by atoms with Gasteiger partial charge in [0.05, 0.1) is 32.5 Å². The Morgan fingerprint density at radius 3 is 2.05 bits per heavy atom. The van der Waals surface area contributed by atoms with E-state index < -0.39 is 0 Å². The number of hydrogen-bond acceptors (Lipinski definition) is 3. The predicted molar refractivity (Wildman–Crippen MR) is 87.3 cm³/mol. The summed E-state index contributed by atoms with van der Waals surface area (Å²) in [7, 11) is 0. The van der Waals surface area contributed by atoms with Crippen molar-refractivity contribution in [2.75, 3.05) is 13.2 Å². The summed E-state index contributed by atoms with van der Waals surface area (Å²) in [6, 6.07) is 20.0. The summed E-state index contributed by atoms with van der Waals surface area (Å²) in [5.74, 6) is 0. The van der Waals surface area contributed by atoms with Crippen LogP contribution in [0.2, 0.25) is 0 Å². The lowest BCUT2D eigenvalue weighted by Crippen LogP contribution is -2.17. The van der Waals surface area contributed by atoms with E-state index in [1.54, 1.807) is 6.08 Å². The number of hydrogen-bond donors (Lipinski definition) is 1. The van der Waals surface area contributed by atoms with Crippen LogP contribution < -0.4 is 0 Å². The van der Waals surface area contributed by atoms with Crippen LogP contribution in [0.4, 0.5) is 0 Å². The van der Waals surface area contributed by atoms with Crippen molar-refractivity contribution in [3.05, 3.63) is 83.9 Å². The summed E-state index contributed by atoms with van der Waals surface area (Å²) in [5, 5.41) is 8.92. The molecule has 3 heteroatoms. The highest BCUT2D eigenvalue weighted by Crippen LogP contribution is 2.07. The molecule has 0 aliphatic carbocycles. The number of aliphatic hydroxyl groups is 1. The van der Waals surface area contributed by atoms with Crippen LogP contribution in [-0.2, 0) is 22.7 Å². The largest absolute Gasteiger partial charge is 0.392 e. The Labute approximate surface area is 131 Å². The van der Waals surface area contributed by atoms with Crippen molar-refractivity contribution in [2.24, 2.45) is 0 Å². The first-order valence-corrected chi connectivity index (χ1v) is 7.43. The molecule has 3 nitrogen and oxygen atoms in total. The molecule has 0 bridgehead atoms. The lowest BCUT2D eigenvalue weighted by molar-refractivity contribution is -0.00549. The van der Waals surface area contributed by atoms with E-state index in [9.17, 15) is 0 Å². The van der Waals surface area contributed by atoms with Crippen LogP contribution in [0.1, 0.15) is 11.1 Å². The summed E-state index contributed by atoms with van der Waals surface area (Å²) in [4.78, 5) is 0. The molecule has 0 fully saturated rings. The second kappa shape index (κ2) is 9.90. The lowest BCUT2D eigenvalue weighted by atomic mass is 10.2. The smallest absolute Gasteiger partial charge is 0.0994 e. The molecular formula is C19H22O3. The van der Waals surface area contributed by atoms with Crippen LogP contribution in [0.25, 0.3) is 0 Å². The standard InChI is InChI=1S/C19H22O3/c20-13-7-12-19(22-15-18-10-5-2-6-11-18)16-21-14-17-8-3-1-4-9-17/h1-12,19-20H,13-16H2/b12-7+/t19-/m0/s1. The Kier molecular flexibility index (Phi) is 7.39. The average Bonchev–Trinajstić information content (AvgIpc) is 2.58. The zero-order valence-corrected chi connectivity index (χ0v) is 12.6. The minimum Gasteiger partial charge on any atom is -0.392 e. The molecule has 116 valence electrons. The maximum Gasteiger partial charge on any atom is 0.0994 e. The van der Waals surface area contributed by atoms with E-state index >= 15 is 0 Å². The van der Waals surface area contributed by atoms with Crippen LogP contribution in [0.15, 0.2) is 72.8 Å². The first-order chi connectivity index (χ1) is 10.9.